The smallest absolute Gasteiger partial charge is 0.203 e. The third-order valence-corrected chi connectivity index (χ3v) is 5.23. The summed E-state index contributed by atoms with van der Waals surface area (Å²) < 4.78 is 1.96. The predicted molar refractivity (Wildman–Crippen MR) is 90.6 cm³/mol. The van der Waals surface area contributed by atoms with Crippen molar-refractivity contribution in [2.45, 2.75) is 38.5 Å². The van der Waals surface area contributed by atoms with Crippen molar-refractivity contribution < 1.29 is 0 Å². The molecule has 1 unspecified atom stereocenters. The van der Waals surface area contributed by atoms with E-state index in [9.17, 15) is 0 Å². The molecule has 2 aromatic rings. The van der Waals surface area contributed by atoms with Crippen molar-refractivity contribution >= 4 is 11.5 Å². The first-order valence-corrected chi connectivity index (χ1v) is 9.02. The van der Waals surface area contributed by atoms with Gasteiger partial charge in [0.1, 0.15) is 6.33 Å². The van der Waals surface area contributed by atoms with Gasteiger partial charge in [-0.05, 0) is 44.7 Å². The number of fused-ring (bicyclic) bond motifs is 1. The number of aromatic nitrogens is 4. The Labute approximate surface area is 137 Å². The van der Waals surface area contributed by atoms with E-state index in [1.165, 1.54) is 58.2 Å². The Balaban J connectivity index is 1.45. The lowest BCUT2D eigenvalue weighted by molar-refractivity contribution is 0.222. The SMILES string of the molecule is c1cn2cnnc2c(N2CCCC(CN3CCCCCC3)C2)n1. The van der Waals surface area contributed by atoms with Crippen LogP contribution in [0.25, 0.3) is 5.65 Å². The van der Waals surface area contributed by atoms with E-state index in [0.717, 1.165) is 30.5 Å². The Morgan fingerprint density at radius 2 is 1.91 bits per heavy atom. The average Bonchev–Trinajstić information content (AvgIpc) is 2.92. The normalized spacial score (nSPS) is 24.0. The molecule has 0 saturated carbocycles. The molecule has 4 heterocycles. The number of hydrogen-bond donors (Lipinski definition) is 0. The molecule has 23 heavy (non-hydrogen) atoms. The molecule has 0 N–H and O–H groups in total. The quantitative estimate of drug-likeness (QED) is 0.869. The predicted octanol–water partition coefficient (Wildman–Crippen LogP) is 2.22. The van der Waals surface area contributed by atoms with Crippen molar-refractivity contribution in [1.29, 1.82) is 0 Å². The van der Waals surface area contributed by atoms with Crippen molar-refractivity contribution in [2.24, 2.45) is 5.92 Å². The van der Waals surface area contributed by atoms with Crippen LogP contribution < -0.4 is 4.90 Å². The Bertz CT molecular complexity index is 631. The van der Waals surface area contributed by atoms with Gasteiger partial charge in [0.25, 0.3) is 0 Å². The fourth-order valence-corrected chi connectivity index (χ4v) is 4.06. The maximum Gasteiger partial charge on any atom is 0.203 e. The standard InChI is InChI=1S/C17H26N6/c1-2-4-9-21(8-3-1)12-15-6-5-10-22(13-15)16-17-20-19-14-23(17)11-7-18-16/h7,11,14-15H,1-6,8-10,12-13H2. The van der Waals surface area contributed by atoms with Crippen LogP contribution in [0.15, 0.2) is 18.7 Å². The van der Waals surface area contributed by atoms with Crippen LogP contribution in [0.1, 0.15) is 38.5 Å². The zero-order chi connectivity index (χ0) is 15.5. The summed E-state index contributed by atoms with van der Waals surface area (Å²) in [6.07, 6.45) is 13.7. The zero-order valence-corrected chi connectivity index (χ0v) is 13.8. The minimum Gasteiger partial charge on any atom is -0.353 e. The largest absolute Gasteiger partial charge is 0.353 e. The van der Waals surface area contributed by atoms with Gasteiger partial charge in [0, 0.05) is 32.0 Å². The average molecular weight is 314 g/mol. The van der Waals surface area contributed by atoms with Gasteiger partial charge < -0.3 is 9.80 Å². The second-order valence-electron chi connectivity index (χ2n) is 6.98. The lowest BCUT2D eigenvalue weighted by atomic mass is 9.97. The van der Waals surface area contributed by atoms with Crippen LogP contribution in [0.5, 0.6) is 0 Å². The molecule has 6 heteroatoms. The maximum atomic E-state index is 4.59. The molecule has 0 amide bonds. The zero-order valence-electron chi connectivity index (χ0n) is 13.8. The van der Waals surface area contributed by atoms with Crippen LogP contribution in [-0.4, -0.2) is 57.2 Å². The third kappa shape index (κ3) is 3.32. The van der Waals surface area contributed by atoms with E-state index in [-0.39, 0.29) is 0 Å². The van der Waals surface area contributed by atoms with Gasteiger partial charge in [-0.2, -0.15) is 0 Å². The van der Waals surface area contributed by atoms with Crippen LogP contribution in [0, 0.1) is 5.92 Å². The number of anilines is 1. The van der Waals surface area contributed by atoms with Crippen molar-refractivity contribution in [3.63, 3.8) is 0 Å². The number of likely N-dealkylation sites (tertiary alicyclic amines) is 1. The van der Waals surface area contributed by atoms with Gasteiger partial charge in [-0.15, -0.1) is 10.2 Å². The second-order valence-corrected chi connectivity index (χ2v) is 6.98. The molecule has 2 saturated heterocycles. The van der Waals surface area contributed by atoms with Gasteiger partial charge in [0.2, 0.25) is 5.65 Å². The molecule has 2 aromatic heterocycles. The van der Waals surface area contributed by atoms with Crippen LogP contribution >= 0.6 is 0 Å². The minimum absolute atomic E-state index is 0.742. The fourth-order valence-electron chi connectivity index (χ4n) is 4.06. The van der Waals surface area contributed by atoms with E-state index in [1.807, 2.05) is 16.8 Å². The van der Waals surface area contributed by atoms with Crippen molar-refractivity contribution in [3.05, 3.63) is 18.7 Å². The van der Waals surface area contributed by atoms with E-state index >= 15 is 0 Å². The van der Waals surface area contributed by atoms with E-state index in [4.69, 9.17) is 0 Å². The van der Waals surface area contributed by atoms with Crippen LogP contribution in [0.3, 0.4) is 0 Å². The summed E-state index contributed by atoms with van der Waals surface area (Å²) in [6.45, 7) is 5.99. The van der Waals surface area contributed by atoms with Crippen molar-refractivity contribution in [3.8, 4) is 0 Å². The highest BCUT2D eigenvalue weighted by atomic mass is 15.3. The molecular formula is C17H26N6. The molecule has 124 valence electrons. The lowest BCUT2D eigenvalue weighted by Gasteiger charge is -2.36. The molecule has 1 atom stereocenters. The first kappa shape index (κ1) is 14.9. The van der Waals surface area contributed by atoms with Gasteiger partial charge in [0.15, 0.2) is 5.82 Å². The molecular weight excluding hydrogens is 288 g/mol. The summed E-state index contributed by atoms with van der Waals surface area (Å²) >= 11 is 0. The van der Waals surface area contributed by atoms with Crippen LogP contribution in [-0.2, 0) is 0 Å². The summed E-state index contributed by atoms with van der Waals surface area (Å²) in [4.78, 5) is 9.69. The highest BCUT2D eigenvalue weighted by molar-refractivity contribution is 5.63. The van der Waals surface area contributed by atoms with Gasteiger partial charge in [-0.25, -0.2) is 4.98 Å². The number of rotatable bonds is 3. The molecule has 0 radical (unpaired) electrons. The van der Waals surface area contributed by atoms with Crippen molar-refractivity contribution in [1.82, 2.24) is 24.5 Å². The van der Waals surface area contributed by atoms with Crippen LogP contribution in [0.4, 0.5) is 5.82 Å². The number of hydrogen-bond acceptors (Lipinski definition) is 5. The Hall–Kier alpha value is -1.69. The van der Waals surface area contributed by atoms with E-state index in [1.54, 1.807) is 6.33 Å². The molecule has 6 nitrogen and oxygen atoms in total. The van der Waals surface area contributed by atoms with Gasteiger partial charge in [-0.1, -0.05) is 12.8 Å². The number of piperidine rings is 1. The highest BCUT2D eigenvalue weighted by Gasteiger charge is 2.25. The van der Waals surface area contributed by atoms with Crippen molar-refractivity contribution in [2.75, 3.05) is 37.6 Å². The molecule has 2 fully saturated rings. The van der Waals surface area contributed by atoms with Gasteiger partial charge in [0.05, 0.1) is 0 Å². The Kier molecular flexibility index (Phi) is 4.41. The van der Waals surface area contributed by atoms with Gasteiger partial charge in [-0.3, -0.25) is 4.40 Å². The topological polar surface area (TPSA) is 49.6 Å². The first-order valence-electron chi connectivity index (χ1n) is 9.02. The summed E-state index contributed by atoms with van der Waals surface area (Å²) in [5.41, 5.74) is 0.878. The lowest BCUT2D eigenvalue weighted by Crippen LogP contribution is -2.41. The summed E-state index contributed by atoms with van der Waals surface area (Å²) in [5.74, 6) is 1.73. The summed E-state index contributed by atoms with van der Waals surface area (Å²) in [5, 5.41) is 8.26. The first-order chi connectivity index (χ1) is 11.4. The molecule has 2 aliphatic heterocycles. The van der Waals surface area contributed by atoms with E-state index < -0.39 is 0 Å². The summed E-state index contributed by atoms with van der Waals surface area (Å²) in [6, 6.07) is 0. The molecule has 0 aromatic carbocycles. The molecule has 4 rings (SSSR count). The van der Waals surface area contributed by atoms with Gasteiger partial charge >= 0.3 is 0 Å². The second kappa shape index (κ2) is 6.83. The Morgan fingerprint density at radius 1 is 1.04 bits per heavy atom. The number of nitrogens with zero attached hydrogens (tertiary/aromatic N) is 6. The monoisotopic (exact) mass is 314 g/mol. The Morgan fingerprint density at radius 3 is 2.78 bits per heavy atom. The van der Waals surface area contributed by atoms with Crippen LogP contribution in [0.2, 0.25) is 0 Å². The third-order valence-electron chi connectivity index (χ3n) is 5.23. The molecule has 2 aliphatic rings. The highest BCUT2D eigenvalue weighted by Crippen LogP contribution is 2.25. The molecule has 0 bridgehead atoms. The minimum atomic E-state index is 0.742. The maximum absolute atomic E-state index is 4.59. The molecule has 0 aliphatic carbocycles. The fraction of sp³-hybridized carbons (Fsp3) is 0.706. The van der Waals surface area contributed by atoms with E-state index in [0.29, 0.717) is 0 Å². The van der Waals surface area contributed by atoms with E-state index in [2.05, 4.69) is 25.0 Å². The molecule has 0 spiro atoms. The summed E-state index contributed by atoms with van der Waals surface area (Å²) in [7, 11) is 0.